The van der Waals surface area contributed by atoms with Crippen LogP contribution in [0.2, 0.25) is 0 Å². The van der Waals surface area contributed by atoms with Crippen molar-refractivity contribution in [2.24, 2.45) is 0 Å². The van der Waals surface area contributed by atoms with E-state index in [-0.39, 0.29) is 31.4 Å². The van der Waals surface area contributed by atoms with Crippen LogP contribution in [0.4, 0.5) is 6.01 Å². The fraction of sp³-hybridized carbons (Fsp3) is 0.444. The minimum absolute atomic E-state index is 0.141. The Kier molecular flexibility index (Phi) is 4.87. The van der Waals surface area contributed by atoms with Gasteiger partial charge in [0.2, 0.25) is 0 Å². The van der Waals surface area contributed by atoms with Gasteiger partial charge < -0.3 is 19.3 Å². The summed E-state index contributed by atoms with van der Waals surface area (Å²) >= 11 is 0. The SMILES string of the molecule is COCc1noc(N2CCCC2c2nc3ccccc3c(=O)n2CCO)n1. The molecule has 1 fully saturated rings. The van der Waals surface area contributed by atoms with Crippen molar-refractivity contribution in [3.05, 3.63) is 46.3 Å². The van der Waals surface area contributed by atoms with E-state index in [4.69, 9.17) is 14.2 Å². The number of aromatic nitrogens is 4. The van der Waals surface area contributed by atoms with Gasteiger partial charge in [-0.05, 0) is 25.0 Å². The van der Waals surface area contributed by atoms with E-state index >= 15 is 0 Å². The first-order valence-electron chi connectivity index (χ1n) is 8.91. The third kappa shape index (κ3) is 3.19. The van der Waals surface area contributed by atoms with Gasteiger partial charge in [-0.25, -0.2) is 4.98 Å². The molecule has 3 aromatic rings. The summed E-state index contributed by atoms with van der Waals surface area (Å²) in [6, 6.07) is 7.46. The number of aliphatic hydroxyl groups is 1. The van der Waals surface area contributed by atoms with E-state index in [0.29, 0.717) is 28.6 Å². The molecule has 0 saturated carbocycles. The van der Waals surface area contributed by atoms with Crippen molar-refractivity contribution in [1.82, 2.24) is 19.7 Å². The second-order valence-corrected chi connectivity index (χ2v) is 6.45. The van der Waals surface area contributed by atoms with Gasteiger partial charge in [-0.15, -0.1) is 0 Å². The highest BCUT2D eigenvalue weighted by Crippen LogP contribution is 2.34. The second kappa shape index (κ2) is 7.45. The van der Waals surface area contributed by atoms with Gasteiger partial charge in [0.25, 0.3) is 5.56 Å². The van der Waals surface area contributed by atoms with Crippen molar-refractivity contribution < 1.29 is 14.4 Å². The number of anilines is 1. The number of para-hydroxylation sites is 1. The summed E-state index contributed by atoms with van der Waals surface area (Å²) in [6.45, 7) is 1.04. The van der Waals surface area contributed by atoms with Crippen LogP contribution < -0.4 is 10.5 Å². The zero-order chi connectivity index (χ0) is 18.8. The zero-order valence-electron chi connectivity index (χ0n) is 15.0. The Bertz CT molecular complexity index is 999. The van der Waals surface area contributed by atoms with E-state index in [0.717, 1.165) is 19.4 Å². The van der Waals surface area contributed by atoms with Gasteiger partial charge in [-0.1, -0.05) is 17.3 Å². The first kappa shape index (κ1) is 17.6. The van der Waals surface area contributed by atoms with Gasteiger partial charge >= 0.3 is 6.01 Å². The number of rotatable bonds is 6. The van der Waals surface area contributed by atoms with Crippen LogP contribution in [0.3, 0.4) is 0 Å². The van der Waals surface area contributed by atoms with Gasteiger partial charge in [0.1, 0.15) is 12.4 Å². The monoisotopic (exact) mass is 371 g/mol. The lowest BCUT2D eigenvalue weighted by Gasteiger charge is -2.24. The van der Waals surface area contributed by atoms with Crippen LogP contribution in [0.25, 0.3) is 10.9 Å². The van der Waals surface area contributed by atoms with Crippen LogP contribution >= 0.6 is 0 Å². The first-order chi connectivity index (χ1) is 13.2. The molecule has 9 heteroatoms. The fourth-order valence-corrected chi connectivity index (χ4v) is 3.57. The molecule has 142 valence electrons. The highest BCUT2D eigenvalue weighted by atomic mass is 16.5. The molecule has 0 bridgehead atoms. The summed E-state index contributed by atoms with van der Waals surface area (Å²) in [4.78, 5) is 24.1. The van der Waals surface area contributed by atoms with Crippen LogP contribution in [-0.2, 0) is 17.9 Å². The van der Waals surface area contributed by atoms with E-state index in [1.165, 1.54) is 0 Å². The maximum Gasteiger partial charge on any atom is 0.324 e. The van der Waals surface area contributed by atoms with Crippen LogP contribution in [0, 0.1) is 0 Å². The van der Waals surface area contributed by atoms with Crippen molar-refractivity contribution in [2.75, 3.05) is 25.2 Å². The van der Waals surface area contributed by atoms with Crippen molar-refractivity contribution in [3.63, 3.8) is 0 Å². The molecular weight excluding hydrogens is 350 g/mol. The number of fused-ring (bicyclic) bond motifs is 1. The van der Waals surface area contributed by atoms with Gasteiger partial charge in [-0.3, -0.25) is 9.36 Å². The van der Waals surface area contributed by atoms with Crippen molar-refractivity contribution in [3.8, 4) is 0 Å². The van der Waals surface area contributed by atoms with Gasteiger partial charge in [0, 0.05) is 13.7 Å². The maximum absolute atomic E-state index is 13.0. The molecule has 4 rings (SSSR count). The standard InChI is InChI=1S/C18H21N5O4/c1-26-11-15-20-18(27-21-15)22-8-4-7-14(22)16-19-13-6-3-2-5-12(13)17(25)23(16)9-10-24/h2-3,5-6,14,24H,4,7-11H2,1H3. The predicted octanol–water partition coefficient (Wildman–Crippen LogP) is 1.26. The molecule has 0 amide bonds. The van der Waals surface area contributed by atoms with Gasteiger partial charge in [-0.2, -0.15) is 4.98 Å². The minimum Gasteiger partial charge on any atom is -0.395 e. The molecule has 1 aromatic carbocycles. The van der Waals surface area contributed by atoms with E-state index < -0.39 is 0 Å². The van der Waals surface area contributed by atoms with Crippen molar-refractivity contribution in [2.45, 2.75) is 32.0 Å². The maximum atomic E-state index is 13.0. The molecule has 1 unspecified atom stereocenters. The third-order valence-electron chi connectivity index (χ3n) is 4.74. The molecule has 1 saturated heterocycles. The number of nitrogens with zero attached hydrogens (tertiary/aromatic N) is 5. The summed E-state index contributed by atoms with van der Waals surface area (Å²) in [5.74, 6) is 1.08. The summed E-state index contributed by atoms with van der Waals surface area (Å²) in [5.41, 5.74) is 0.492. The normalized spacial score (nSPS) is 17.1. The van der Waals surface area contributed by atoms with Gasteiger partial charge in [0.15, 0.2) is 5.82 Å². The van der Waals surface area contributed by atoms with Crippen molar-refractivity contribution >= 4 is 16.9 Å². The smallest absolute Gasteiger partial charge is 0.324 e. The first-order valence-corrected chi connectivity index (χ1v) is 8.91. The lowest BCUT2D eigenvalue weighted by molar-refractivity contribution is 0.174. The number of ether oxygens (including phenoxy) is 1. The topological polar surface area (TPSA) is 107 Å². The predicted molar refractivity (Wildman–Crippen MR) is 97.4 cm³/mol. The third-order valence-corrected chi connectivity index (χ3v) is 4.74. The molecule has 27 heavy (non-hydrogen) atoms. The van der Waals surface area contributed by atoms with Crippen LogP contribution in [0.1, 0.15) is 30.5 Å². The average Bonchev–Trinajstić information content (AvgIpc) is 3.33. The van der Waals surface area contributed by atoms with E-state index in [9.17, 15) is 9.90 Å². The highest BCUT2D eigenvalue weighted by Gasteiger charge is 2.33. The highest BCUT2D eigenvalue weighted by molar-refractivity contribution is 5.77. The van der Waals surface area contributed by atoms with E-state index in [1.54, 1.807) is 17.7 Å². The quantitative estimate of drug-likeness (QED) is 0.690. The zero-order valence-corrected chi connectivity index (χ0v) is 15.0. The molecule has 1 aliphatic rings. The number of hydrogen-bond acceptors (Lipinski definition) is 8. The molecule has 2 aromatic heterocycles. The van der Waals surface area contributed by atoms with Crippen LogP contribution in [0.5, 0.6) is 0 Å². The number of methoxy groups -OCH3 is 1. The molecular formula is C18H21N5O4. The lowest BCUT2D eigenvalue weighted by Crippen LogP contribution is -2.33. The Morgan fingerprint density at radius 2 is 2.19 bits per heavy atom. The Morgan fingerprint density at radius 3 is 3.00 bits per heavy atom. The Morgan fingerprint density at radius 1 is 1.33 bits per heavy atom. The number of aliphatic hydroxyl groups excluding tert-OH is 1. The Balaban J connectivity index is 1.79. The summed E-state index contributed by atoms with van der Waals surface area (Å²) in [6.07, 6.45) is 1.71. The molecule has 3 heterocycles. The number of benzene rings is 1. The molecule has 0 spiro atoms. The Hall–Kier alpha value is -2.78. The average molecular weight is 371 g/mol. The molecule has 1 aliphatic heterocycles. The largest absolute Gasteiger partial charge is 0.395 e. The molecule has 0 aliphatic carbocycles. The second-order valence-electron chi connectivity index (χ2n) is 6.45. The summed E-state index contributed by atoms with van der Waals surface area (Å²) in [5, 5.41) is 13.9. The van der Waals surface area contributed by atoms with E-state index in [2.05, 4.69) is 10.1 Å². The van der Waals surface area contributed by atoms with Crippen LogP contribution in [0.15, 0.2) is 33.6 Å². The molecule has 0 radical (unpaired) electrons. The molecule has 1 atom stereocenters. The molecule has 9 nitrogen and oxygen atoms in total. The number of hydrogen-bond donors (Lipinski definition) is 1. The minimum atomic E-state index is -0.176. The van der Waals surface area contributed by atoms with Gasteiger partial charge in [0.05, 0.1) is 30.1 Å². The van der Waals surface area contributed by atoms with Crippen molar-refractivity contribution in [1.29, 1.82) is 0 Å². The lowest BCUT2D eigenvalue weighted by atomic mass is 10.1. The van der Waals surface area contributed by atoms with E-state index in [1.807, 2.05) is 23.1 Å². The Labute approximate surface area is 155 Å². The summed E-state index contributed by atoms with van der Waals surface area (Å²) in [7, 11) is 1.57. The molecule has 1 N–H and O–H groups in total. The van der Waals surface area contributed by atoms with Crippen LogP contribution in [-0.4, -0.2) is 45.1 Å². The summed E-state index contributed by atoms with van der Waals surface area (Å²) < 4.78 is 12.0. The fourth-order valence-electron chi connectivity index (χ4n) is 3.57.